The third kappa shape index (κ3) is 5.19. The summed E-state index contributed by atoms with van der Waals surface area (Å²) in [6.45, 7) is 2.55. The fraction of sp³-hybridized carbons (Fsp3) is 0.323. The summed E-state index contributed by atoms with van der Waals surface area (Å²) in [7, 11) is 0. The molecule has 6 heteroatoms. The number of benzene rings is 2. The standard InChI is InChI=1S/C31H32FN3O2/c1-2-23-20-22(21-24-11-8-15-28(30(24)32)34-19-9-16-29(34)36)10-6-7-14-26(31(23)37)27-17-18-33-35(27)25-12-4-3-5-13-25/h3-5,8,11-15,17-18,20,22H,2,6-7,9-10,16,19,21H2,1H3/b23-20-,26-14?. The van der Waals surface area contributed by atoms with Crippen LogP contribution in [-0.4, -0.2) is 28.0 Å². The molecule has 1 atom stereocenters. The number of hydrogen-bond acceptors (Lipinski definition) is 3. The monoisotopic (exact) mass is 497 g/mol. The molecule has 0 spiro atoms. The molecule has 5 rings (SSSR count). The minimum absolute atomic E-state index is 0.00367. The zero-order valence-corrected chi connectivity index (χ0v) is 21.2. The molecular weight excluding hydrogens is 465 g/mol. The van der Waals surface area contributed by atoms with E-state index in [1.165, 1.54) is 0 Å². The maximum absolute atomic E-state index is 15.5. The second-order valence-corrected chi connectivity index (χ2v) is 9.75. The van der Waals surface area contributed by atoms with Gasteiger partial charge in [-0.1, -0.05) is 49.4 Å². The summed E-state index contributed by atoms with van der Waals surface area (Å²) in [5.74, 6) is -0.305. The summed E-state index contributed by atoms with van der Waals surface area (Å²) in [6, 6.07) is 17.0. The largest absolute Gasteiger partial charge is 0.310 e. The van der Waals surface area contributed by atoms with E-state index in [1.807, 2.05) is 60.1 Å². The van der Waals surface area contributed by atoms with Gasteiger partial charge in [0, 0.05) is 18.5 Å². The highest BCUT2D eigenvalue weighted by molar-refractivity contribution is 6.28. The van der Waals surface area contributed by atoms with E-state index < -0.39 is 0 Å². The highest BCUT2D eigenvalue weighted by Gasteiger charge is 2.26. The van der Waals surface area contributed by atoms with E-state index in [4.69, 9.17) is 0 Å². The van der Waals surface area contributed by atoms with E-state index in [0.29, 0.717) is 42.6 Å². The number of hydrogen-bond donors (Lipinski definition) is 0. The minimum atomic E-state index is -0.319. The van der Waals surface area contributed by atoms with Crippen LogP contribution in [0, 0.1) is 11.7 Å². The lowest BCUT2D eigenvalue weighted by Gasteiger charge is -2.20. The molecule has 1 aliphatic carbocycles. The number of rotatable bonds is 6. The fourth-order valence-electron chi connectivity index (χ4n) is 5.40. The van der Waals surface area contributed by atoms with E-state index in [1.54, 1.807) is 23.2 Å². The number of anilines is 1. The van der Waals surface area contributed by atoms with Gasteiger partial charge < -0.3 is 4.90 Å². The van der Waals surface area contributed by atoms with Gasteiger partial charge >= 0.3 is 0 Å². The molecule has 2 aromatic carbocycles. The van der Waals surface area contributed by atoms with Gasteiger partial charge in [0.15, 0.2) is 5.78 Å². The first-order chi connectivity index (χ1) is 18.1. The Morgan fingerprint density at radius 2 is 1.86 bits per heavy atom. The van der Waals surface area contributed by atoms with Gasteiger partial charge in [0.1, 0.15) is 5.82 Å². The lowest BCUT2D eigenvalue weighted by atomic mass is 9.90. The Kier molecular flexibility index (Phi) is 7.45. The Morgan fingerprint density at radius 3 is 2.62 bits per heavy atom. The van der Waals surface area contributed by atoms with Crippen molar-refractivity contribution in [1.29, 1.82) is 0 Å². The predicted molar refractivity (Wildman–Crippen MR) is 144 cm³/mol. The number of ketones is 1. The van der Waals surface area contributed by atoms with Gasteiger partial charge in [-0.2, -0.15) is 5.10 Å². The van der Waals surface area contributed by atoms with Crippen molar-refractivity contribution >= 4 is 23.0 Å². The number of carbonyl (C=O) groups is 2. The van der Waals surface area contributed by atoms with Gasteiger partial charge in [-0.3, -0.25) is 9.59 Å². The second-order valence-electron chi connectivity index (χ2n) is 9.75. The maximum Gasteiger partial charge on any atom is 0.227 e. The Labute approximate surface area is 217 Å². The zero-order chi connectivity index (χ0) is 25.8. The molecule has 1 amide bonds. The molecule has 3 aromatic rings. The van der Waals surface area contributed by atoms with Gasteiger partial charge in [0.25, 0.3) is 0 Å². The molecule has 2 heterocycles. The van der Waals surface area contributed by atoms with E-state index in [0.717, 1.165) is 42.6 Å². The van der Waals surface area contributed by atoms with E-state index in [-0.39, 0.29) is 23.4 Å². The van der Waals surface area contributed by atoms with Gasteiger partial charge in [0.2, 0.25) is 5.91 Å². The summed E-state index contributed by atoms with van der Waals surface area (Å²) in [6.07, 6.45) is 10.6. The molecule has 2 aliphatic rings. The average molecular weight is 498 g/mol. The molecule has 190 valence electrons. The van der Waals surface area contributed by atoms with Crippen LogP contribution >= 0.6 is 0 Å². The average Bonchev–Trinajstić information content (AvgIpc) is 3.58. The number of nitrogens with zero attached hydrogens (tertiary/aromatic N) is 3. The lowest BCUT2D eigenvalue weighted by Crippen LogP contribution is -2.25. The second kappa shape index (κ2) is 11.1. The Morgan fingerprint density at radius 1 is 1.03 bits per heavy atom. The van der Waals surface area contributed by atoms with Crippen LogP contribution in [0.3, 0.4) is 0 Å². The van der Waals surface area contributed by atoms with Gasteiger partial charge in [-0.25, -0.2) is 9.07 Å². The molecule has 0 N–H and O–H groups in total. The van der Waals surface area contributed by atoms with Crippen molar-refractivity contribution in [2.24, 2.45) is 5.92 Å². The SMILES string of the molecule is CC/C1=C/C(Cc2cccc(N3CCCC3=O)c2F)CCCC=C(c2ccnn2-c2ccccc2)C1=O. The Bertz CT molecular complexity index is 1360. The number of Topliss-reactive ketones (excluding diaryl/α,β-unsaturated/α-hetero) is 1. The molecule has 0 bridgehead atoms. The summed E-state index contributed by atoms with van der Waals surface area (Å²) in [4.78, 5) is 27.6. The van der Waals surface area contributed by atoms with Crippen LogP contribution < -0.4 is 4.90 Å². The molecule has 1 saturated heterocycles. The molecule has 1 unspecified atom stereocenters. The summed E-state index contributed by atoms with van der Waals surface area (Å²) < 4.78 is 17.3. The number of para-hydroxylation sites is 1. The van der Waals surface area contributed by atoms with Crippen molar-refractivity contribution in [3.05, 3.63) is 95.6 Å². The third-order valence-corrected chi connectivity index (χ3v) is 7.31. The number of amides is 1. The lowest BCUT2D eigenvalue weighted by molar-refractivity contribution is -0.117. The molecule has 37 heavy (non-hydrogen) atoms. The van der Waals surface area contributed by atoms with Crippen LogP contribution in [0.4, 0.5) is 10.1 Å². The van der Waals surface area contributed by atoms with Gasteiger partial charge in [-0.15, -0.1) is 0 Å². The highest BCUT2D eigenvalue weighted by Crippen LogP contribution is 2.32. The normalized spacial score (nSPS) is 20.2. The van der Waals surface area contributed by atoms with E-state index in [9.17, 15) is 9.59 Å². The first kappa shape index (κ1) is 24.9. The van der Waals surface area contributed by atoms with Crippen LogP contribution in [0.2, 0.25) is 0 Å². The Hall–Kier alpha value is -3.80. The van der Waals surface area contributed by atoms with Crippen molar-refractivity contribution in [1.82, 2.24) is 9.78 Å². The minimum Gasteiger partial charge on any atom is -0.310 e. The fourth-order valence-corrected chi connectivity index (χ4v) is 5.40. The number of allylic oxidation sites excluding steroid dienone is 4. The molecule has 1 aliphatic heterocycles. The van der Waals surface area contributed by atoms with Crippen molar-refractivity contribution in [3.8, 4) is 5.69 Å². The molecule has 0 radical (unpaired) electrons. The molecule has 1 aromatic heterocycles. The number of aromatic nitrogens is 2. The summed E-state index contributed by atoms with van der Waals surface area (Å²) >= 11 is 0. The zero-order valence-electron chi connectivity index (χ0n) is 21.2. The van der Waals surface area contributed by atoms with Crippen molar-refractivity contribution in [2.75, 3.05) is 11.4 Å². The third-order valence-electron chi connectivity index (χ3n) is 7.31. The van der Waals surface area contributed by atoms with E-state index in [2.05, 4.69) is 11.2 Å². The smallest absolute Gasteiger partial charge is 0.227 e. The van der Waals surface area contributed by atoms with Crippen LogP contribution in [0.25, 0.3) is 11.3 Å². The van der Waals surface area contributed by atoms with Crippen LogP contribution in [0.5, 0.6) is 0 Å². The first-order valence-corrected chi connectivity index (χ1v) is 13.2. The molecule has 1 fully saturated rings. The number of halogens is 1. The topological polar surface area (TPSA) is 55.2 Å². The highest BCUT2D eigenvalue weighted by atomic mass is 19.1. The molecule has 0 saturated carbocycles. The predicted octanol–water partition coefficient (Wildman–Crippen LogP) is 6.47. The van der Waals surface area contributed by atoms with Crippen LogP contribution in [0.1, 0.15) is 56.7 Å². The van der Waals surface area contributed by atoms with Crippen LogP contribution in [0.15, 0.2) is 78.5 Å². The van der Waals surface area contributed by atoms with Gasteiger partial charge in [-0.05, 0) is 79.8 Å². The van der Waals surface area contributed by atoms with Gasteiger partial charge in [0.05, 0.1) is 23.3 Å². The maximum atomic E-state index is 15.5. The summed E-state index contributed by atoms with van der Waals surface area (Å²) in [5.41, 5.74) is 4.06. The van der Waals surface area contributed by atoms with Crippen LogP contribution in [-0.2, 0) is 16.0 Å². The Balaban J connectivity index is 1.43. The van der Waals surface area contributed by atoms with Crippen molar-refractivity contribution < 1.29 is 14.0 Å². The van der Waals surface area contributed by atoms with Crippen molar-refractivity contribution in [2.45, 2.75) is 51.9 Å². The summed E-state index contributed by atoms with van der Waals surface area (Å²) in [5, 5.41) is 4.49. The quantitative estimate of drug-likeness (QED) is 0.392. The molecular formula is C31H32FN3O2. The van der Waals surface area contributed by atoms with Crippen molar-refractivity contribution in [3.63, 3.8) is 0 Å². The molecule has 5 nitrogen and oxygen atoms in total. The first-order valence-electron chi connectivity index (χ1n) is 13.2. The number of carbonyl (C=O) groups excluding carboxylic acids is 2. The van der Waals surface area contributed by atoms with E-state index >= 15 is 4.39 Å².